The van der Waals surface area contributed by atoms with Gasteiger partial charge in [0, 0.05) is 10.3 Å². The van der Waals surface area contributed by atoms with Gasteiger partial charge in [-0.2, -0.15) is 8.42 Å². The Morgan fingerprint density at radius 2 is 2.03 bits per heavy atom. The Hall–Kier alpha value is -2.33. The molecule has 0 radical (unpaired) electrons. The topological polar surface area (TPSA) is 74.1 Å². The van der Waals surface area contributed by atoms with Crippen LogP contribution < -0.4 is 4.31 Å². The molecule has 1 aromatic heterocycles. The highest BCUT2D eigenvalue weighted by atomic mass is 32.2. The van der Waals surface area contributed by atoms with Crippen molar-refractivity contribution in [3.63, 3.8) is 0 Å². The summed E-state index contributed by atoms with van der Waals surface area (Å²) in [4.78, 5) is 12.9. The molecule has 158 valence electrons. The Labute approximate surface area is 177 Å². The van der Waals surface area contributed by atoms with Crippen LogP contribution in [0.2, 0.25) is 0 Å². The number of ether oxygens (including phenoxy) is 2. The highest BCUT2D eigenvalue weighted by molar-refractivity contribution is 7.85. The number of nitrogens with one attached hydrogen (secondary N) is 1. The van der Waals surface area contributed by atoms with E-state index in [1.54, 1.807) is 0 Å². The monoisotopic (exact) mass is 450 g/mol. The predicted octanol–water partition coefficient (Wildman–Crippen LogP) is 2.48. The van der Waals surface area contributed by atoms with Crippen LogP contribution in [-0.4, -0.2) is 41.2 Å². The van der Waals surface area contributed by atoms with Gasteiger partial charge in [-0.05, 0) is 42.1 Å². The van der Waals surface area contributed by atoms with Crippen LogP contribution in [0.5, 0.6) is 0 Å². The molecule has 2 aromatic carbocycles. The van der Waals surface area contributed by atoms with E-state index in [0.717, 1.165) is 10.1 Å². The number of carbonyl (C=O) groups is 1. The van der Waals surface area contributed by atoms with E-state index in [1.807, 2.05) is 24.3 Å². The number of sulfonamides is 1. The third kappa shape index (κ3) is 3.62. The number of morpholine rings is 1. The molecule has 1 aliphatic rings. The van der Waals surface area contributed by atoms with Gasteiger partial charge in [0.05, 0.1) is 13.7 Å². The molecule has 0 bridgehead atoms. The number of rotatable bonds is 4. The van der Waals surface area contributed by atoms with Gasteiger partial charge in [0.2, 0.25) is 0 Å². The quantitative estimate of drug-likeness (QED) is 0.619. The molecule has 1 aliphatic heterocycles. The van der Waals surface area contributed by atoms with Crippen molar-refractivity contribution < 1.29 is 31.4 Å². The van der Waals surface area contributed by atoms with Crippen LogP contribution in [-0.2, 0) is 19.5 Å². The van der Waals surface area contributed by atoms with E-state index in [9.17, 15) is 17.6 Å². The van der Waals surface area contributed by atoms with E-state index in [1.165, 1.54) is 43.6 Å². The summed E-state index contributed by atoms with van der Waals surface area (Å²) in [5.41, 5.74) is 0.933. The summed E-state index contributed by atoms with van der Waals surface area (Å²) in [6, 6.07) is 11.3. The van der Waals surface area contributed by atoms with Crippen LogP contribution in [0.25, 0.3) is 10.1 Å². The number of methoxy groups -OCH3 is 1. The summed E-state index contributed by atoms with van der Waals surface area (Å²) in [5.74, 6) is -0.921. The van der Waals surface area contributed by atoms with Gasteiger partial charge in [-0.15, -0.1) is 11.3 Å². The first-order valence-electron chi connectivity index (χ1n) is 9.40. The predicted molar refractivity (Wildman–Crippen MR) is 111 cm³/mol. The van der Waals surface area contributed by atoms with Crippen molar-refractivity contribution >= 4 is 37.4 Å². The Morgan fingerprint density at radius 3 is 2.77 bits per heavy atom. The van der Waals surface area contributed by atoms with Gasteiger partial charge in [0.25, 0.3) is 0 Å². The van der Waals surface area contributed by atoms with Crippen molar-refractivity contribution in [2.24, 2.45) is 0 Å². The Balaban J connectivity index is 1.73. The number of hydrogen-bond donors (Lipinski definition) is 1. The lowest BCUT2D eigenvalue weighted by Crippen LogP contribution is -3.15. The van der Waals surface area contributed by atoms with Crippen LogP contribution in [0.1, 0.15) is 26.9 Å². The number of carbonyl (C=O) groups excluding carboxylic acids is 1. The summed E-state index contributed by atoms with van der Waals surface area (Å²) in [7, 11) is -2.44. The van der Waals surface area contributed by atoms with Gasteiger partial charge in [0.15, 0.2) is 0 Å². The molecule has 1 saturated heterocycles. The van der Waals surface area contributed by atoms with Gasteiger partial charge >= 0.3 is 16.0 Å². The fourth-order valence-electron chi connectivity index (χ4n) is 3.69. The second kappa shape index (κ2) is 8.07. The number of hydrogen-bond acceptors (Lipinski definition) is 6. The molecule has 1 fully saturated rings. The first-order chi connectivity index (χ1) is 14.3. The Morgan fingerprint density at radius 1 is 1.27 bits per heavy atom. The van der Waals surface area contributed by atoms with Crippen molar-refractivity contribution in [3.8, 4) is 0 Å². The molecule has 2 unspecified atom stereocenters. The molecule has 0 saturated carbocycles. The minimum atomic E-state index is -3.76. The second-order valence-electron chi connectivity index (χ2n) is 7.10. The zero-order chi connectivity index (χ0) is 21.5. The molecule has 30 heavy (non-hydrogen) atoms. The summed E-state index contributed by atoms with van der Waals surface area (Å²) >= 11 is 1.30. The largest absolute Gasteiger partial charge is 0.465 e. The van der Waals surface area contributed by atoms with Crippen molar-refractivity contribution in [2.75, 3.05) is 26.8 Å². The van der Waals surface area contributed by atoms with Crippen molar-refractivity contribution in [1.82, 2.24) is 0 Å². The lowest BCUT2D eigenvalue weighted by Gasteiger charge is -2.29. The van der Waals surface area contributed by atoms with Gasteiger partial charge in [-0.25, -0.2) is 13.5 Å². The number of halogens is 1. The van der Waals surface area contributed by atoms with Gasteiger partial charge in [-0.1, -0.05) is 18.2 Å². The molecule has 6 nitrogen and oxygen atoms in total. The standard InChI is InChI=1S/C21H20FNO5S2/c1-13-11-14(7-8-16(13)22)30(25,26)23-9-10-28-17(12-23)19-15-5-3-4-6-18(15)29-20(19)21(24)27-2/h3-8,11,17H,9-10,12H2,1-2H3/p+1. The third-order valence-electron chi connectivity index (χ3n) is 5.26. The van der Waals surface area contributed by atoms with Crippen LogP contribution >= 0.6 is 11.3 Å². The van der Waals surface area contributed by atoms with Gasteiger partial charge < -0.3 is 9.47 Å². The van der Waals surface area contributed by atoms with Crippen molar-refractivity contribution in [1.29, 1.82) is 0 Å². The normalized spacial score (nSPS) is 19.7. The number of esters is 1. The Bertz CT molecular complexity index is 1220. The fourth-order valence-corrected chi connectivity index (χ4v) is 6.50. The summed E-state index contributed by atoms with van der Waals surface area (Å²) in [6.45, 7) is 2.13. The average Bonchev–Trinajstić information content (AvgIpc) is 3.14. The highest BCUT2D eigenvalue weighted by Gasteiger charge is 2.38. The van der Waals surface area contributed by atoms with Crippen LogP contribution in [0.4, 0.5) is 4.39 Å². The Kier molecular flexibility index (Phi) is 5.63. The number of fused-ring (bicyclic) bond motifs is 1. The first-order valence-corrected chi connectivity index (χ1v) is 11.7. The SMILES string of the molecule is COC(=O)c1sc2ccccc2c1C1C[NH+](S(=O)(=O)c2ccc(F)c(C)c2)CCO1. The van der Waals surface area contributed by atoms with E-state index < -0.39 is 27.9 Å². The second-order valence-corrected chi connectivity index (χ2v) is 10.2. The maximum atomic E-state index is 13.6. The van der Waals surface area contributed by atoms with E-state index in [4.69, 9.17) is 9.47 Å². The number of thiophene rings is 1. The molecule has 2 atom stereocenters. The summed E-state index contributed by atoms with van der Waals surface area (Å²) in [5, 5.41) is 0.851. The molecule has 3 aromatic rings. The van der Waals surface area contributed by atoms with Crippen molar-refractivity contribution in [2.45, 2.75) is 17.9 Å². The van der Waals surface area contributed by atoms with Gasteiger partial charge in [-0.3, -0.25) is 0 Å². The third-order valence-corrected chi connectivity index (χ3v) is 8.43. The smallest absolute Gasteiger partial charge is 0.348 e. The summed E-state index contributed by atoms with van der Waals surface area (Å²) < 4.78 is 52.1. The molecule has 2 heterocycles. The molecule has 9 heteroatoms. The van der Waals surface area contributed by atoms with Gasteiger partial charge in [0.1, 0.15) is 34.8 Å². The molecule has 4 rings (SSSR count). The first kappa shape index (κ1) is 20.9. The fraction of sp³-hybridized carbons (Fsp3) is 0.286. The highest BCUT2D eigenvalue weighted by Crippen LogP contribution is 2.37. The maximum Gasteiger partial charge on any atom is 0.348 e. The molecule has 0 amide bonds. The summed E-state index contributed by atoms with van der Waals surface area (Å²) in [6.07, 6.45) is -0.588. The lowest BCUT2D eigenvalue weighted by molar-refractivity contribution is -0.785. The minimum Gasteiger partial charge on any atom is -0.465 e. The molecular weight excluding hydrogens is 429 g/mol. The molecule has 0 spiro atoms. The number of benzene rings is 2. The minimum absolute atomic E-state index is 0.0698. The van der Waals surface area contributed by atoms with Crippen LogP contribution in [0.3, 0.4) is 0 Å². The zero-order valence-electron chi connectivity index (χ0n) is 16.5. The average molecular weight is 451 g/mol. The molecular formula is C21H21FNO5S2+. The number of aryl methyl sites for hydroxylation is 1. The zero-order valence-corrected chi connectivity index (χ0v) is 18.1. The van der Waals surface area contributed by atoms with Crippen LogP contribution in [0, 0.1) is 12.7 Å². The van der Waals surface area contributed by atoms with E-state index in [-0.39, 0.29) is 30.2 Å². The van der Waals surface area contributed by atoms with Crippen LogP contribution in [0.15, 0.2) is 47.4 Å². The van der Waals surface area contributed by atoms with Crippen molar-refractivity contribution in [3.05, 3.63) is 64.3 Å². The molecule has 1 N–H and O–H groups in total. The number of quaternary nitrogens is 1. The maximum absolute atomic E-state index is 13.6. The lowest BCUT2D eigenvalue weighted by atomic mass is 10.0. The van der Waals surface area contributed by atoms with E-state index in [2.05, 4.69) is 0 Å². The van der Waals surface area contributed by atoms with E-state index >= 15 is 0 Å². The molecule has 0 aliphatic carbocycles. The van der Waals surface area contributed by atoms with E-state index in [0.29, 0.717) is 14.7 Å².